The summed E-state index contributed by atoms with van der Waals surface area (Å²) in [5.74, 6) is 1.64. The fourth-order valence-electron chi connectivity index (χ4n) is 2.87. The van der Waals surface area contributed by atoms with Crippen molar-refractivity contribution in [2.24, 2.45) is 5.73 Å². The predicted octanol–water partition coefficient (Wildman–Crippen LogP) is 3.28. The van der Waals surface area contributed by atoms with E-state index in [0.717, 1.165) is 11.3 Å². The number of anilines is 1. The summed E-state index contributed by atoms with van der Waals surface area (Å²) < 4.78 is 1.73. The maximum atomic E-state index is 9.58. The summed E-state index contributed by atoms with van der Waals surface area (Å²) >= 11 is 1.55. The molecule has 3 N–H and O–H groups in total. The number of hydrogen-bond donors (Lipinski definition) is 2. The van der Waals surface area contributed by atoms with Gasteiger partial charge in [0.15, 0.2) is 0 Å². The number of nitrogens with zero attached hydrogens (tertiary/aromatic N) is 4. The number of allylic oxidation sites excluding steroid dienone is 1. The third kappa shape index (κ3) is 3.03. The van der Waals surface area contributed by atoms with E-state index in [1.165, 1.54) is 5.56 Å². The van der Waals surface area contributed by atoms with Crippen molar-refractivity contribution in [3.63, 3.8) is 0 Å². The van der Waals surface area contributed by atoms with E-state index in [4.69, 9.17) is 5.73 Å². The SMILES string of the molecule is N#CC1=C(N)Nc2nc(SCc3ccccc3)nn2[C@H]1c1ccccc1. The third-order valence-electron chi connectivity index (χ3n) is 4.11. The zero-order valence-corrected chi connectivity index (χ0v) is 14.6. The van der Waals surface area contributed by atoms with Gasteiger partial charge in [0.1, 0.15) is 17.9 Å². The highest BCUT2D eigenvalue weighted by Gasteiger charge is 2.31. The molecule has 1 aromatic heterocycles. The summed E-state index contributed by atoms with van der Waals surface area (Å²) in [5.41, 5.74) is 8.65. The van der Waals surface area contributed by atoms with Crippen LogP contribution in [0.25, 0.3) is 0 Å². The molecule has 2 aromatic carbocycles. The van der Waals surface area contributed by atoms with Gasteiger partial charge in [-0.3, -0.25) is 0 Å². The molecule has 26 heavy (non-hydrogen) atoms. The number of rotatable bonds is 4. The van der Waals surface area contributed by atoms with Crippen molar-refractivity contribution in [2.45, 2.75) is 17.0 Å². The molecule has 7 heteroatoms. The molecule has 1 aliphatic heterocycles. The molecule has 0 radical (unpaired) electrons. The molecule has 0 spiro atoms. The Bertz CT molecular complexity index is 988. The largest absolute Gasteiger partial charge is 0.384 e. The molecule has 6 nitrogen and oxygen atoms in total. The monoisotopic (exact) mass is 360 g/mol. The number of aromatic nitrogens is 3. The van der Waals surface area contributed by atoms with Gasteiger partial charge in [-0.2, -0.15) is 10.2 Å². The van der Waals surface area contributed by atoms with Gasteiger partial charge >= 0.3 is 0 Å². The van der Waals surface area contributed by atoms with Crippen LogP contribution in [-0.4, -0.2) is 14.8 Å². The average molecular weight is 360 g/mol. The lowest BCUT2D eigenvalue weighted by atomic mass is 9.98. The molecule has 0 amide bonds. The highest BCUT2D eigenvalue weighted by atomic mass is 32.2. The maximum Gasteiger partial charge on any atom is 0.228 e. The van der Waals surface area contributed by atoms with Gasteiger partial charge < -0.3 is 11.1 Å². The number of benzene rings is 2. The van der Waals surface area contributed by atoms with Crippen LogP contribution in [0.15, 0.2) is 77.2 Å². The van der Waals surface area contributed by atoms with Crippen LogP contribution in [0.4, 0.5) is 5.95 Å². The molecule has 0 fully saturated rings. The number of nitriles is 1. The van der Waals surface area contributed by atoms with E-state index in [9.17, 15) is 5.26 Å². The van der Waals surface area contributed by atoms with Crippen LogP contribution in [0, 0.1) is 11.3 Å². The smallest absolute Gasteiger partial charge is 0.228 e. The molecule has 1 atom stereocenters. The summed E-state index contributed by atoms with van der Waals surface area (Å²) in [6, 6.07) is 21.7. The zero-order valence-electron chi connectivity index (χ0n) is 13.8. The molecule has 0 saturated carbocycles. The molecule has 4 rings (SSSR count). The van der Waals surface area contributed by atoms with E-state index < -0.39 is 0 Å². The molecule has 0 aliphatic carbocycles. The number of hydrogen-bond acceptors (Lipinski definition) is 6. The van der Waals surface area contributed by atoms with Crippen LogP contribution in [0.1, 0.15) is 17.2 Å². The maximum absolute atomic E-state index is 9.58. The summed E-state index contributed by atoms with van der Waals surface area (Å²) in [5, 5.41) is 17.8. The minimum absolute atomic E-state index is 0.320. The summed E-state index contributed by atoms with van der Waals surface area (Å²) in [6.07, 6.45) is 0. The second kappa shape index (κ2) is 6.94. The Hall–Kier alpha value is -3.24. The summed E-state index contributed by atoms with van der Waals surface area (Å²) in [6.45, 7) is 0. The standard InChI is InChI=1S/C19H16N6S/c20-11-15-16(14-9-5-2-6-10-14)25-18(22-17(15)21)23-19(24-25)26-12-13-7-3-1-4-8-13/h1-10,16H,12,21H2,(H,22,23,24)/t16-/m0/s1. The van der Waals surface area contributed by atoms with Gasteiger partial charge in [0.25, 0.3) is 0 Å². The van der Waals surface area contributed by atoms with Gasteiger partial charge in [0.2, 0.25) is 11.1 Å². The highest BCUT2D eigenvalue weighted by molar-refractivity contribution is 7.98. The van der Waals surface area contributed by atoms with E-state index in [0.29, 0.717) is 22.5 Å². The molecular formula is C19H16N6S. The zero-order chi connectivity index (χ0) is 17.9. The Balaban J connectivity index is 1.67. The minimum Gasteiger partial charge on any atom is -0.384 e. The number of fused-ring (bicyclic) bond motifs is 1. The van der Waals surface area contributed by atoms with Crippen LogP contribution >= 0.6 is 11.8 Å². The van der Waals surface area contributed by atoms with Crippen molar-refractivity contribution in [2.75, 3.05) is 5.32 Å². The average Bonchev–Trinajstić information content (AvgIpc) is 3.09. The predicted molar refractivity (Wildman–Crippen MR) is 101 cm³/mol. The van der Waals surface area contributed by atoms with E-state index in [2.05, 4.69) is 33.6 Å². The van der Waals surface area contributed by atoms with Gasteiger partial charge in [-0.05, 0) is 11.1 Å². The first-order valence-electron chi connectivity index (χ1n) is 8.11. The second-order valence-electron chi connectivity index (χ2n) is 5.81. The Kier molecular flexibility index (Phi) is 4.33. The van der Waals surface area contributed by atoms with Gasteiger partial charge in [-0.15, -0.1) is 5.10 Å². The van der Waals surface area contributed by atoms with Crippen molar-refractivity contribution < 1.29 is 0 Å². The van der Waals surface area contributed by atoms with Gasteiger partial charge in [-0.1, -0.05) is 72.4 Å². The van der Waals surface area contributed by atoms with E-state index >= 15 is 0 Å². The van der Waals surface area contributed by atoms with Crippen molar-refractivity contribution in [3.05, 3.63) is 83.2 Å². The Morgan fingerprint density at radius 3 is 2.50 bits per heavy atom. The van der Waals surface area contributed by atoms with Crippen LogP contribution in [0.3, 0.4) is 0 Å². The molecule has 0 bridgehead atoms. The normalized spacial score (nSPS) is 15.9. The first-order valence-corrected chi connectivity index (χ1v) is 9.10. The lowest BCUT2D eigenvalue weighted by molar-refractivity contribution is 0.574. The van der Waals surface area contributed by atoms with Crippen LogP contribution in [0.2, 0.25) is 0 Å². The number of nitrogens with one attached hydrogen (secondary N) is 1. The molecular weight excluding hydrogens is 344 g/mol. The van der Waals surface area contributed by atoms with Crippen molar-refractivity contribution in [1.82, 2.24) is 14.8 Å². The molecule has 128 valence electrons. The van der Waals surface area contributed by atoms with E-state index in [1.807, 2.05) is 48.5 Å². The Morgan fingerprint density at radius 1 is 1.12 bits per heavy atom. The second-order valence-corrected chi connectivity index (χ2v) is 6.76. The van der Waals surface area contributed by atoms with Gasteiger partial charge in [0, 0.05) is 5.75 Å². The number of nitrogens with two attached hydrogens (primary N) is 1. The lowest BCUT2D eigenvalue weighted by Gasteiger charge is -2.25. The fourth-order valence-corrected chi connectivity index (χ4v) is 3.66. The van der Waals surface area contributed by atoms with Crippen molar-refractivity contribution in [1.29, 1.82) is 5.26 Å². The first kappa shape index (κ1) is 16.2. The fraction of sp³-hybridized carbons (Fsp3) is 0.105. The third-order valence-corrected chi connectivity index (χ3v) is 5.02. The first-order chi connectivity index (χ1) is 12.8. The van der Waals surface area contributed by atoms with Gasteiger partial charge in [-0.25, -0.2) is 4.68 Å². The van der Waals surface area contributed by atoms with E-state index in [-0.39, 0.29) is 6.04 Å². The van der Waals surface area contributed by atoms with Gasteiger partial charge in [0.05, 0.1) is 5.57 Å². The van der Waals surface area contributed by atoms with Crippen LogP contribution in [-0.2, 0) is 5.75 Å². The molecule has 1 aliphatic rings. The molecule has 3 aromatic rings. The quantitative estimate of drug-likeness (QED) is 0.694. The lowest BCUT2D eigenvalue weighted by Crippen LogP contribution is -2.28. The van der Waals surface area contributed by atoms with Crippen molar-refractivity contribution >= 4 is 17.7 Å². The van der Waals surface area contributed by atoms with E-state index in [1.54, 1.807) is 16.4 Å². The topological polar surface area (TPSA) is 92.6 Å². The molecule has 2 heterocycles. The Morgan fingerprint density at radius 2 is 1.81 bits per heavy atom. The van der Waals surface area contributed by atoms with Crippen molar-refractivity contribution in [3.8, 4) is 6.07 Å². The highest BCUT2D eigenvalue weighted by Crippen LogP contribution is 2.34. The molecule has 0 unspecified atom stereocenters. The number of thioether (sulfide) groups is 1. The summed E-state index contributed by atoms with van der Waals surface area (Å²) in [4.78, 5) is 4.54. The van der Waals surface area contributed by atoms with Crippen LogP contribution in [0.5, 0.6) is 0 Å². The van der Waals surface area contributed by atoms with Crippen LogP contribution < -0.4 is 11.1 Å². The molecule has 0 saturated heterocycles. The summed E-state index contributed by atoms with van der Waals surface area (Å²) in [7, 11) is 0. The Labute approximate surface area is 155 Å². The minimum atomic E-state index is -0.379.